The normalized spacial score (nSPS) is 18.6. The number of hydrogen-bond donors (Lipinski definition) is 1. The molecule has 2 N–H and O–H groups in total. The maximum Gasteiger partial charge on any atom is 0.205 e. The molecule has 4 rings (SSSR count). The first-order valence-corrected chi connectivity index (χ1v) is 9.86. The van der Waals surface area contributed by atoms with Crippen molar-refractivity contribution in [1.29, 1.82) is 5.26 Å². The second kappa shape index (κ2) is 8.21. The van der Waals surface area contributed by atoms with E-state index in [1.165, 1.54) is 12.1 Å². The second-order valence-electron chi connectivity index (χ2n) is 7.15. The minimum atomic E-state index is -0.624. The summed E-state index contributed by atoms with van der Waals surface area (Å²) < 4.78 is 24.6. The number of nitrogens with zero attached hydrogens (tertiary/aromatic N) is 1. The molecule has 0 saturated heterocycles. The molecule has 0 saturated carbocycles. The Hall–Kier alpha value is -3.30. The van der Waals surface area contributed by atoms with E-state index in [-0.39, 0.29) is 29.7 Å². The van der Waals surface area contributed by atoms with Gasteiger partial charge in [-0.05, 0) is 41.8 Å². The molecular weight excluding hydrogens is 407 g/mol. The van der Waals surface area contributed by atoms with Crippen LogP contribution < -0.4 is 10.5 Å². The number of benzene rings is 2. The van der Waals surface area contributed by atoms with Gasteiger partial charge in [-0.15, -0.1) is 0 Å². The van der Waals surface area contributed by atoms with Gasteiger partial charge in [-0.25, -0.2) is 4.39 Å². The topological polar surface area (TPSA) is 85.3 Å². The number of carbonyl (C=O) groups excluding carboxylic acids is 1. The zero-order valence-electron chi connectivity index (χ0n) is 16.0. The highest BCUT2D eigenvalue weighted by molar-refractivity contribution is 6.32. The van der Waals surface area contributed by atoms with Crippen LogP contribution in [0.4, 0.5) is 4.39 Å². The Morgan fingerprint density at radius 1 is 1.27 bits per heavy atom. The number of ether oxygens (including phenoxy) is 2. The lowest BCUT2D eigenvalue weighted by atomic mass is 9.77. The molecule has 152 valence electrons. The van der Waals surface area contributed by atoms with Gasteiger partial charge in [0.2, 0.25) is 5.88 Å². The summed E-state index contributed by atoms with van der Waals surface area (Å²) in [6, 6.07) is 13.3. The van der Waals surface area contributed by atoms with Crippen molar-refractivity contribution < 1.29 is 18.7 Å². The maximum absolute atomic E-state index is 13.3. The van der Waals surface area contributed by atoms with E-state index in [4.69, 9.17) is 26.8 Å². The zero-order chi connectivity index (χ0) is 21.3. The molecule has 0 aromatic heterocycles. The predicted molar refractivity (Wildman–Crippen MR) is 109 cm³/mol. The third kappa shape index (κ3) is 3.77. The summed E-state index contributed by atoms with van der Waals surface area (Å²) in [5.41, 5.74) is 7.95. The molecule has 30 heavy (non-hydrogen) atoms. The van der Waals surface area contributed by atoms with E-state index in [1.807, 2.05) is 0 Å². The van der Waals surface area contributed by atoms with Gasteiger partial charge in [0, 0.05) is 18.4 Å². The monoisotopic (exact) mass is 424 g/mol. The number of rotatable bonds is 4. The summed E-state index contributed by atoms with van der Waals surface area (Å²) in [4.78, 5) is 12.6. The lowest BCUT2D eigenvalue weighted by Crippen LogP contribution is -2.27. The summed E-state index contributed by atoms with van der Waals surface area (Å²) >= 11 is 6.42. The molecule has 1 heterocycles. The summed E-state index contributed by atoms with van der Waals surface area (Å²) in [6.07, 6.45) is 1.69. The zero-order valence-corrected chi connectivity index (χ0v) is 16.7. The number of ketones is 1. The third-order valence-corrected chi connectivity index (χ3v) is 5.47. The van der Waals surface area contributed by atoms with Crippen LogP contribution in [0.3, 0.4) is 0 Å². The highest BCUT2D eigenvalue weighted by atomic mass is 35.5. The number of nitriles is 1. The van der Waals surface area contributed by atoms with E-state index in [0.29, 0.717) is 52.5 Å². The van der Waals surface area contributed by atoms with Gasteiger partial charge in [0.15, 0.2) is 5.78 Å². The van der Waals surface area contributed by atoms with Gasteiger partial charge in [0.25, 0.3) is 0 Å². The van der Waals surface area contributed by atoms with Gasteiger partial charge in [0.1, 0.15) is 35.6 Å². The van der Waals surface area contributed by atoms with Crippen molar-refractivity contribution >= 4 is 17.4 Å². The predicted octanol–water partition coefficient (Wildman–Crippen LogP) is 4.87. The number of carbonyl (C=O) groups is 1. The van der Waals surface area contributed by atoms with Gasteiger partial charge in [-0.2, -0.15) is 5.26 Å². The minimum Gasteiger partial charge on any atom is -0.487 e. The van der Waals surface area contributed by atoms with Crippen molar-refractivity contribution in [2.75, 3.05) is 0 Å². The molecule has 5 nitrogen and oxygen atoms in total. The van der Waals surface area contributed by atoms with Crippen LogP contribution in [0.1, 0.15) is 36.3 Å². The molecule has 1 atom stereocenters. The molecule has 7 heteroatoms. The summed E-state index contributed by atoms with van der Waals surface area (Å²) in [7, 11) is 0. The van der Waals surface area contributed by atoms with Gasteiger partial charge in [-0.3, -0.25) is 4.79 Å². The minimum absolute atomic E-state index is 0.0125. The first-order chi connectivity index (χ1) is 14.5. The van der Waals surface area contributed by atoms with Crippen molar-refractivity contribution in [3.05, 3.63) is 87.2 Å². The molecular formula is C23H18ClFN2O3. The van der Waals surface area contributed by atoms with E-state index >= 15 is 0 Å². The molecule has 2 aromatic rings. The highest BCUT2D eigenvalue weighted by Crippen LogP contribution is 2.44. The SMILES string of the molecule is N#CC1=C(N)OC2=C(C(=O)CCC2)[C@H]1c1ccc(OCc2cccc(F)c2)c(Cl)c1. The smallest absolute Gasteiger partial charge is 0.205 e. The summed E-state index contributed by atoms with van der Waals surface area (Å²) in [5, 5.41) is 9.95. The average Bonchev–Trinajstić information content (AvgIpc) is 2.72. The number of halogens is 2. The van der Waals surface area contributed by atoms with Crippen LogP contribution in [-0.2, 0) is 16.1 Å². The van der Waals surface area contributed by atoms with Crippen molar-refractivity contribution in [1.82, 2.24) is 0 Å². The summed E-state index contributed by atoms with van der Waals surface area (Å²) in [5.74, 6) is -0.0674. The lowest BCUT2D eigenvalue weighted by Gasteiger charge is -2.31. The molecule has 2 aliphatic rings. The molecule has 0 bridgehead atoms. The Morgan fingerprint density at radius 2 is 2.10 bits per heavy atom. The van der Waals surface area contributed by atoms with Crippen LogP contribution >= 0.6 is 11.6 Å². The Bertz CT molecular complexity index is 1130. The van der Waals surface area contributed by atoms with Crippen LogP contribution in [0.5, 0.6) is 5.75 Å². The summed E-state index contributed by atoms with van der Waals surface area (Å²) in [6.45, 7) is 0.151. The van der Waals surface area contributed by atoms with Crippen molar-refractivity contribution in [2.24, 2.45) is 5.73 Å². The molecule has 0 amide bonds. The van der Waals surface area contributed by atoms with Crippen LogP contribution in [0.25, 0.3) is 0 Å². The number of nitrogens with two attached hydrogens (primary N) is 1. The van der Waals surface area contributed by atoms with E-state index in [1.54, 1.807) is 30.3 Å². The largest absolute Gasteiger partial charge is 0.487 e. The molecule has 0 unspecified atom stereocenters. The van der Waals surface area contributed by atoms with Crippen LogP contribution in [0.2, 0.25) is 5.02 Å². The van der Waals surface area contributed by atoms with Gasteiger partial charge in [0.05, 0.1) is 10.9 Å². The lowest BCUT2D eigenvalue weighted by molar-refractivity contribution is -0.116. The van der Waals surface area contributed by atoms with E-state index in [0.717, 1.165) is 0 Å². The van der Waals surface area contributed by atoms with Crippen LogP contribution in [0, 0.1) is 17.1 Å². The Balaban J connectivity index is 1.65. The van der Waals surface area contributed by atoms with Gasteiger partial charge >= 0.3 is 0 Å². The molecule has 0 spiro atoms. The Labute approximate surface area is 178 Å². The van der Waals surface area contributed by atoms with Gasteiger partial charge in [-0.1, -0.05) is 29.8 Å². The number of hydrogen-bond acceptors (Lipinski definition) is 5. The van der Waals surface area contributed by atoms with Crippen molar-refractivity contribution in [3.8, 4) is 11.8 Å². The average molecular weight is 425 g/mol. The maximum atomic E-state index is 13.3. The fourth-order valence-corrected chi connectivity index (χ4v) is 4.03. The third-order valence-electron chi connectivity index (χ3n) is 5.18. The first kappa shape index (κ1) is 20.0. The second-order valence-corrected chi connectivity index (χ2v) is 7.55. The van der Waals surface area contributed by atoms with E-state index in [2.05, 4.69) is 6.07 Å². The van der Waals surface area contributed by atoms with E-state index < -0.39 is 5.92 Å². The molecule has 1 aliphatic carbocycles. The Morgan fingerprint density at radius 3 is 2.83 bits per heavy atom. The molecule has 0 radical (unpaired) electrons. The van der Waals surface area contributed by atoms with Crippen LogP contribution in [0.15, 0.2) is 65.3 Å². The molecule has 1 aliphatic heterocycles. The standard InChI is InChI=1S/C23H18ClFN2O3/c24-17-10-14(7-8-19(17)29-12-13-3-1-4-15(25)9-13)21-16(11-26)23(27)30-20-6-2-5-18(28)22(20)21/h1,3-4,7-10,21H,2,5-6,12,27H2/t21-/m0/s1. The van der Waals surface area contributed by atoms with E-state index in [9.17, 15) is 14.4 Å². The highest BCUT2D eigenvalue weighted by Gasteiger charge is 2.38. The van der Waals surface area contributed by atoms with Crippen LogP contribution in [-0.4, -0.2) is 5.78 Å². The first-order valence-electron chi connectivity index (χ1n) is 9.48. The van der Waals surface area contributed by atoms with Gasteiger partial charge < -0.3 is 15.2 Å². The molecule has 0 fully saturated rings. The fraction of sp³-hybridized carbons (Fsp3) is 0.217. The molecule has 2 aromatic carbocycles. The van der Waals surface area contributed by atoms with Crippen molar-refractivity contribution in [2.45, 2.75) is 31.8 Å². The quantitative estimate of drug-likeness (QED) is 0.756. The number of allylic oxidation sites excluding steroid dienone is 3. The number of Topliss-reactive ketones (excluding diaryl/α,β-unsaturated/α-hetero) is 1. The van der Waals surface area contributed by atoms with Crippen molar-refractivity contribution in [3.63, 3.8) is 0 Å². The fourth-order valence-electron chi connectivity index (χ4n) is 3.79. The Kier molecular flexibility index (Phi) is 5.47.